The van der Waals surface area contributed by atoms with Crippen molar-refractivity contribution in [3.63, 3.8) is 0 Å². The average Bonchev–Trinajstić information content (AvgIpc) is 3.19. The van der Waals surface area contributed by atoms with Crippen LogP contribution in [-0.4, -0.2) is 27.8 Å². The number of rotatable bonds is 7. The minimum atomic E-state index is -2.83. The van der Waals surface area contributed by atoms with Crippen LogP contribution in [0, 0.1) is 6.92 Å². The van der Waals surface area contributed by atoms with Gasteiger partial charge in [0.05, 0.1) is 22.4 Å². The predicted octanol–water partition coefficient (Wildman–Crippen LogP) is 5.32. The first-order valence-corrected chi connectivity index (χ1v) is 11.1. The highest BCUT2D eigenvalue weighted by Gasteiger charge is 2.28. The number of fused-ring (bicyclic) bond motifs is 1. The topological polar surface area (TPSA) is 73.2 Å². The van der Waals surface area contributed by atoms with Crippen molar-refractivity contribution in [2.45, 2.75) is 71.9 Å². The molecule has 1 aliphatic rings. The molecule has 0 fully saturated rings. The molecule has 0 saturated carbocycles. The predicted molar refractivity (Wildman–Crippen MR) is 112 cm³/mol. The number of nitrogens with one attached hydrogen (secondary N) is 1. The van der Waals surface area contributed by atoms with Crippen LogP contribution in [0.4, 0.5) is 13.8 Å². The van der Waals surface area contributed by atoms with Crippen LogP contribution in [0.2, 0.25) is 5.02 Å². The standard InChI is InChI=1S/C20H24ClF2N3O3S/c1-4-10(2)29-20(28)15-12-7-5-6-8-13(12)30-19(15)24-14(27)9-26-11(3)16(21)17(25-26)18(22)23/h10,18H,4-9H2,1-3H3,(H,24,27). The molecule has 2 aromatic heterocycles. The zero-order chi connectivity index (χ0) is 22.0. The van der Waals surface area contributed by atoms with Crippen LogP contribution >= 0.6 is 22.9 Å². The molecule has 0 radical (unpaired) electrons. The van der Waals surface area contributed by atoms with Gasteiger partial charge in [0.2, 0.25) is 5.91 Å². The molecule has 3 rings (SSSR count). The fourth-order valence-electron chi connectivity index (χ4n) is 3.34. The third-order valence-electron chi connectivity index (χ3n) is 5.17. The number of anilines is 1. The molecular formula is C20H24ClF2N3O3S. The smallest absolute Gasteiger partial charge is 0.341 e. The molecule has 1 N–H and O–H groups in total. The van der Waals surface area contributed by atoms with Crippen LogP contribution in [0.3, 0.4) is 0 Å². The number of carbonyl (C=O) groups excluding carboxylic acids is 2. The Labute approximate surface area is 182 Å². The maximum atomic E-state index is 13.0. The highest BCUT2D eigenvalue weighted by Crippen LogP contribution is 2.39. The van der Waals surface area contributed by atoms with Gasteiger partial charge in [-0.15, -0.1) is 11.3 Å². The maximum Gasteiger partial charge on any atom is 0.341 e. The van der Waals surface area contributed by atoms with Crippen molar-refractivity contribution >= 4 is 39.8 Å². The Morgan fingerprint density at radius 1 is 1.33 bits per heavy atom. The number of aryl methyl sites for hydroxylation is 1. The molecular weight excluding hydrogens is 436 g/mol. The molecule has 30 heavy (non-hydrogen) atoms. The van der Waals surface area contributed by atoms with Crippen molar-refractivity contribution in [1.29, 1.82) is 0 Å². The summed E-state index contributed by atoms with van der Waals surface area (Å²) < 4.78 is 32.7. The van der Waals surface area contributed by atoms with Crippen molar-refractivity contribution in [1.82, 2.24) is 9.78 Å². The Balaban J connectivity index is 1.84. The second-order valence-electron chi connectivity index (χ2n) is 7.33. The highest BCUT2D eigenvalue weighted by atomic mass is 35.5. The zero-order valence-electron chi connectivity index (χ0n) is 17.1. The Morgan fingerprint density at radius 2 is 2.03 bits per heavy atom. The van der Waals surface area contributed by atoms with E-state index in [0.29, 0.717) is 17.0 Å². The molecule has 1 aliphatic carbocycles. The van der Waals surface area contributed by atoms with E-state index in [-0.39, 0.29) is 23.4 Å². The number of amides is 1. The number of thiophene rings is 1. The van der Waals surface area contributed by atoms with Crippen LogP contribution in [0.25, 0.3) is 0 Å². The quantitative estimate of drug-likeness (QED) is 0.569. The van der Waals surface area contributed by atoms with Gasteiger partial charge in [-0.3, -0.25) is 9.48 Å². The van der Waals surface area contributed by atoms with Gasteiger partial charge in [-0.1, -0.05) is 18.5 Å². The summed E-state index contributed by atoms with van der Waals surface area (Å²) in [5.41, 5.74) is 1.08. The summed E-state index contributed by atoms with van der Waals surface area (Å²) in [5.74, 6) is -0.924. The van der Waals surface area contributed by atoms with Gasteiger partial charge in [-0.2, -0.15) is 5.10 Å². The number of esters is 1. The van der Waals surface area contributed by atoms with E-state index < -0.39 is 24.0 Å². The molecule has 6 nitrogen and oxygen atoms in total. The van der Waals surface area contributed by atoms with Crippen LogP contribution in [-0.2, 0) is 28.9 Å². The summed E-state index contributed by atoms with van der Waals surface area (Å²) >= 11 is 7.27. The zero-order valence-corrected chi connectivity index (χ0v) is 18.6. The molecule has 1 unspecified atom stereocenters. The van der Waals surface area contributed by atoms with Gasteiger partial charge in [-0.05, 0) is 51.5 Å². The molecule has 1 amide bonds. The molecule has 0 aliphatic heterocycles. The number of ether oxygens (including phenoxy) is 1. The summed E-state index contributed by atoms with van der Waals surface area (Å²) in [5, 5.41) is 6.79. The molecule has 2 aromatic rings. The first-order valence-electron chi connectivity index (χ1n) is 9.89. The number of hydrogen-bond donors (Lipinski definition) is 1. The van der Waals surface area contributed by atoms with Crippen LogP contribution < -0.4 is 5.32 Å². The SMILES string of the molecule is CCC(C)OC(=O)c1c(NC(=O)Cn2nc(C(F)F)c(Cl)c2C)sc2c1CCCC2. The Morgan fingerprint density at radius 3 is 2.67 bits per heavy atom. The van der Waals surface area contributed by atoms with Gasteiger partial charge >= 0.3 is 5.97 Å². The molecule has 0 saturated heterocycles. The third kappa shape index (κ3) is 4.67. The fraction of sp³-hybridized carbons (Fsp3) is 0.550. The van der Waals surface area contributed by atoms with Crippen LogP contribution in [0.1, 0.15) is 71.7 Å². The van der Waals surface area contributed by atoms with Gasteiger partial charge in [0.25, 0.3) is 6.43 Å². The average molecular weight is 460 g/mol. The van der Waals surface area contributed by atoms with E-state index in [1.165, 1.54) is 18.3 Å². The lowest BCUT2D eigenvalue weighted by atomic mass is 9.95. The van der Waals surface area contributed by atoms with Gasteiger partial charge < -0.3 is 10.1 Å². The summed E-state index contributed by atoms with van der Waals surface area (Å²) in [6.45, 7) is 4.97. The van der Waals surface area contributed by atoms with Crippen molar-refractivity contribution in [3.05, 3.63) is 32.4 Å². The number of aromatic nitrogens is 2. The molecule has 10 heteroatoms. The second kappa shape index (κ2) is 9.43. The highest BCUT2D eigenvalue weighted by molar-refractivity contribution is 7.17. The van der Waals surface area contributed by atoms with E-state index >= 15 is 0 Å². The largest absolute Gasteiger partial charge is 0.459 e. The van der Waals surface area contributed by atoms with E-state index in [0.717, 1.165) is 40.8 Å². The van der Waals surface area contributed by atoms with Crippen molar-refractivity contribution in [3.8, 4) is 0 Å². The van der Waals surface area contributed by atoms with Gasteiger partial charge in [0.1, 0.15) is 17.2 Å². The number of halogens is 3. The lowest BCUT2D eigenvalue weighted by Gasteiger charge is -2.15. The molecule has 1 atom stereocenters. The molecule has 0 bridgehead atoms. The van der Waals surface area contributed by atoms with E-state index in [1.54, 1.807) is 0 Å². The molecule has 2 heterocycles. The number of nitrogens with zero attached hydrogens (tertiary/aromatic N) is 2. The van der Waals surface area contributed by atoms with Gasteiger partial charge in [-0.25, -0.2) is 13.6 Å². The first kappa shape index (κ1) is 22.7. The summed E-state index contributed by atoms with van der Waals surface area (Å²) in [4.78, 5) is 26.5. The summed E-state index contributed by atoms with van der Waals surface area (Å²) in [6.07, 6.45) is 1.24. The maximum absolute atomic E-state index is 13.0. The van der Waals surface area contributed by atoms with Gasteiger partial charge in [0, 0.05) is 4.88 Å². The molecule has 0 aromatic carbocycles. The van der Waals surface area contributed by atoms with E-state index in [4.69, 9.17) is 16.3 Å². The fourth-order valence-corrected chi connectivity index (χ4v) is 4.85. The van der Waals surface area contributed by atoms with Crippen LogP contribution in [0.5, 0.6) is 0 Å². The van der Waals surface area contributed by atoms with Crippen molar-refractivity contribution < 1.29 is 23.1 Å². The Kier molecular flexibility index (Phi) is 7.13. The van der Waals surface area contributed by atoms with E-state index in [9.17, 15) is 18.4 Å². The van der Waals surface area contributed by atoms with E-state index in [2.05, 4.69) is 10.4 Å². The second-order valence-corrected chi connectivity index (χ2v) is 8.81. The number of hydrogen-bond acceptors (Lipinski definition) is 5. The lowest BCUT2D eigenvalue weighted by molar-refractivity contribution is -0.116. The minimum Gasteiger partial charge on any atom is -0.459 e. The molecule has 0 spiro atoms. The minimum absolute atomic E-state index is 0.151. The Hall–Kier alpha value is -2.00. The van der Waals surface area contributed by atoms with Crippen LogP contribution in [0.15, 0.2) is 0 Å². The first-order chi connectivity index (χ1) is 14.2. The lowest BCUT2D eigenvalue weighted by Crippen LogP contribution is -2.22. The monoisotopic (exact) mass is 459 g/mol. The van der Waals surface area contributed by atoms with Crippen molar-refractivity contribution in [2.24, 2.45) is 0 Å². The van der Waals surface area contributed by atoms with E-state index in [1.807, 2.05) is 13.8 Å². The number of carbonyl (C=O) groups is 2. The third-order valence-corrected chi connectivity index (χ3v) is 6.84. The molecule has 164 valence electrons. The normalized spacial score (nSPS) is 14.5. The summed E-state index contributed by atoms with van der Waals surface area (Å²) in [7, 11) is 0. The number of alkyl halides is 2. The van der Waals surface area contributed by atoms with Gasteiger partial charge in [0.15, 0.2) is 0 Å². The van der Waals surface area contributed by atoms with Crippen molar-refractivity contribution in [2.75, 3.05) is 5.32 Å². The summed E-state index contributed by atoms with van der Waals surface area (Å²) in [6, 6.07) is 0. The Bertz CT molecular complexity index is 958.